The van der Waals surface area contributed by atoms with Gasteiger partial charge in [0.1, 0.15) is 0 Å². The molecule has 1 heterocycles. The Bertz CT molecular complexity index is 393. The van der Waals surface area contributed by atoms with Crippen LogP contribution in [0.25, 0.3) is 0 Å². The topological polar surface area (TPSA) is 91.3 Å². The Kier molecular flexibility index (Phi) is 4.26. The molecule has 0 saturated heterocycles. The zero-order valence-corrected chi connectivity index (χ0v) is 8.76. The van der Waals surface area contributed by atoms with Gasteiger partial charge in [0.25, 0.3) is 0 Å². The molecule has 0 saturated carbocycles. The number of pyridine rings is 1. The second-order valence-electron chi connectivity index (χ2n) is 3.09. The van der Waals surface area contributed by atoms with E-state index in [4.69, 9.17) is 10.5 Å². The second kappa shape index (κ2) is 5.69. The van der Waals surface area contributed by atoms with Gasteiger partial charge >= 0.3 is 5.69 Å². The number of rotatable bonds is 6. The summed E-state index contributed by atoms with van der Waals surface area (Å²) >= 11 is 0. The number of nitro groups is 1. The average Bonchev–Trinajstić information content (AvgIpc) is 2.24. The third-order valence-electron chi connectivity index (χ3n) is 1.88. The highest BCUT2D eigenvalue weighted by Crippen LogP contribution is 2.21. The van der Waals surface area contributed by atoms with Gasteiger partial charge in [0.2, 0.25) is 11.7 Å². The van der Waals surface area contributed by atoms with Crippen molar-refractivity contribution in [3.63, 3.8) is 0 Å². The summed E-state index contributed by atoms with van der Waals surface area (Å²) in [6.07, 6.45) is 3.46. The first-order chi connectivity index (χ1) is 7.65. The predicted octanol–water partition coefficient (Wildman–Crippen LogP) is 1.92. The number of anilines is 1. The maximum atomic E-state index is 10.5. The number of allylic oxidation sites excluding steroid dienone is 1. The molecule has 0 aromatic carbocycles. The molecule has 16 heavy (non-hydrogen) atoms. The van der Waals surface area contributed by atoms with Gasteiger partial charge in [0, 0.05) is 12.1 Å². The van der Waals surface area contributed by atoms with Crippen molar-refractivity contribution in [2.45, 2.75) is 12.8 Å². The van der Waals surface area contributed by atoms with Crippen LogP contribution in [0.3, 0.4) is 0 Å². The van der Waals surface area contributed by atoms with Gasteiger partial charge in [-0.3, -0.25) is 10.1 Å². The van der Waals surface area contributed by atoms with Crippen molar-refractivity contribution in [3.8, 4) is 5.88 Å². The zero-order chi connectivity index (χ0) is 12.0. The van der Waals surface area contributed by atoms with Crippen LogP contribution in [0, 0.1) is 10.1 Å². The van der Waals surface area contributed by atoms with Crippen LogP contribution in [0.4, 0.5) is 11.5 Å². The van der Waals surface area contributed by atoms with Crippen molar-refractivity contribution in [2.24, 2.45) is 0 Å². The smallest absolute Gasteiger partial charge is 0.311 e. The molecule has 0 aliphatic rings. The van der Waals surface area contributed by atoms with Crippen LogP contribution in [0.15, 0.2) is 24.8 Å². The first kappa shape index (κ1) is 12.0. The van der Waals surface area contributed by atoms with Gasteiger partial charge in [0.15, 0.2) is 0 Å². The number of nitrogens with two attached hydrogens (primary N) is 1. The Morgan fingerprint density at radius 2 is 2.38 bits per heavy atom. The Morgan fingerprint density at radius 3 is 2.94 bits per heavy atom. The van der Waals surface area contributed by atoms with Crippen LogP contribution in [0.1, 0.15) is 12.8 Å². The van der Waals surface area contributed by atoms with E-state index in [0.29, 0.717) is 12.5 Å². The van der Waals surface area contributed by atoms with Gasteiger partial charge < -0.3 is 10.5 Å². The molecule has 1 aromatic rings. The number of hydrogen-bond donors (Lipinski definition) is 1. The van der Waals surface area contributed by atoms with E-state index in [1.54, 1.807) is 6.08 Å². The van der Waals surface area contributed by atoms with Crippen molar-refractivity contribution in [1.82, 2.24) is 4.98 Å². The molecule has 0 aliphatic heterocycles. The molecule has 1 rings (SSSR count). The Balaban J connectivity index is 2.59. The molecule has 2 N–H and O–H groups in total. The lowest BCUT2D eigenvalue weighted by molar-refractivity contribution is -0.384. The minimum absolute atomic E-state index is 0.133. The summed E-state index contributed by atoms with van der Waals surface area (Å²) in [5.41, 5.74) is 5.19. The van der Waals surface area contributed by atoms with Crippen LogP contribution in [0.2, 0.25) is 0 Å². The third-order valence-corrected chi connectivity index (χ3v) is 1.88. The van der Waals surface area contributed by atoms with Crippen LogP contribution in [-0.4, -0.2) is 16.5 Å². The SMILES string of the molecule is C=CCCCOc1ccc([N+](=O)[O-])c(N)n1. The molecule has 1 aromatic heterocycles. The molecule has 0 bridgehead atoms. The number of hydrogen-bond acceptors (Lipinski definition) is 5. The first-order valence-corrected chi connectivity index (χ1v) is 4.79. The van der Waals surface area contributed by atoms with Gasteiger partial charge in [-0.1, -0.05) is 6.08 Å². The summed E-state index contributed by atoms with van der Waals surface area (Å²) < 4.78 is 5.26. The third kappa shape index (κ3) is 3.23. The summed E-state index contributed by atoms with van der Waals surface area (Å²) in [5.74, 6) is 0.165. The number of nitrogens with zero attached hydrogens (tertiary/aromatic N) is 2. The summed E-state index contributed by atoms with van der Waals surface area (Å²) in [5, 5.41) is 10.5. The fourth-order valence-corrected chi connectivity index (χ4v) is 1.09. The van der Waals surface area contributed by atoms with E-state index < -0.39 is 4.92 Å². The van der Waals surface area contributed by atoms with Gasteiger partial charge in [0.05, 0.1) is 11.5 Å². The molecule has 6 heteroatoms. The van der Waals surface area contributed by atoms with Crippen LogP contribution in [-0.2, 0) is 0 Å². The average molecular weight is 223 g/mol. The van der Waals surface area contributed by atoms with Gasteiger partial charge in [-0.2, -0.15) is 4.98 Å². The van der Waals surface area contributed by atoms with Crippen molar-refractivity contribution >= 4 is 11.5 Å². The summed E-state index contributed by atoms with van der Waals surface area (Å²) in [7, 11) is 0. The molecule has 0 spiro atoms. The van der Waals surface area contributed by atoms with E-state index in [1.807, 2.05) is 0 Å². The molecule has 0 radical (unpaired) electrons. The largest absolute Gasteiger partial charge is 0.478 e. The van der Waals surface area contributed by atoms with Crippen molar-refractivity contribution in [3.05, 3.63) is 34.9 Å². The van der Waals surface area contributed by atoms with Crippen LogP contribution < -0.4 is 10.5 Å². The highest BCUT2D eigenvalue weighted by Gasteiger charge is 2.12. The van der Waals surface area contributed by atoms with Crippen LogP contribution in [0.5, 0.6) is 5.88 Å². The highest BCUT2D eigenvalue weighted by molar-refractivity contribution is 5.53. The fraction of sp³-hybridized carbons (Fsp3) is 0.300. The second-order valence-corrected chi connectivity index (χ2v) is 3.09. The molecule has 6 nitrogen and oxygen atoms in total. The fourth-order valence-electron chi connectivity index (χ4n) is 1.09. The summed E-state index contributed by atoms with van der Waals surface area (Å²) in [6, 6.07) is 2.72. The van der Waals surface area contributed by atoms with Gasteiger partial charge in [-0.25, -0.2) is 0 Å². The molecule has 0 amide bonds. The zero-order valence-electron chi connectivity index (χ0n) is 8.76. The van der Waals surface area contributed by atoms with Crippen LogP contribution >= 0.6 is 0 Å². The van der Waals surface area contributed by atoms with E-state index in [0.717, 1.165) is 12.8 Å². The Labute approximate surface area is 92.9 Å². The van der Waals surface area contributed by atoms with Crippen molar-refractivity contribution in [2.75, 3.05) is 12.3 Å². The number of ether oxygens (including phenoxy) is 1. The molecule has 0 unspecified atom stereocenters. The van der Waals surface area contributed by atoms with E-state index in [-0.39, 0.29) is 11.5 Å². The van der Waals surface area contributed by atoms with Gasteiger partial charge in [-0.05, 0) is 12.8 Å². The van der Waals surface area contributed by atoms with Crippen molar-refractivity contribution in [1.29, 1.82) is 0 Å². The maximum Gasteiger partial charge on any atom is 0.311 e. The lowest BCUT2D eigenvalue weighted by atomic mass is 10.3. The predicted molar refractivity (Wildman–Crippen MR) is 60.2 cm³/mol. The maximum absolute atomic E-state index is 10.5. The van der Waals surface area contributed by atoms with E-state index in [2.05, 4.69) is 11.6 Å². The minimum Gasteiger partial charge on any atom is -0.478 e. The molecule has 0 aliphatic carbocycles. The standard InChI is InChI=1S/C10H13N3O3/c1-2-3-4-7-16-9-6-5-8(13(14)15)10(11)12-9/h2,5-6H,1,3-4,7H2,(H2,11,12). The highest BCUT2D eigenvalue weighted by atomic mass is 16.6. The number of nitrogen functional groups attached to an aromatic ring is 1. The van der Waals surface area contributed by atoms with Crippen molar-refractivity contribution < 1.29 is 9.66 Å². The lowest BCUT2D eigenvalue weighted by Gasteiger charge is -2.04. The van der Waals surface area contributed by atoms with E-state index in [1.165, 1.54) is 12.1 Å². The van der Waals surface area contributed by atoms with E-state index in [9.17, 15) is 10.1 Å². The summed E-state index contributed by atoms with van der Waals surface area (Å²) in [6.45, 7) is 4.07. The first-order valence-electron chi connectivity index (χ1n) is 4.79. The molecular formula is C10H13N3O3. The molecule has 0 atom stereocenters. The number of unbranched alkanes of at least 4 members (excludes halogenated alkanes) is 1. The normalized spacial score (nSPS) is 9.75. The Hall–Kier alpha value is -2.11. The quantitative estimate of drug-likeness (QED) is 0.344. The molecular weight excluding hydrogens is 210 g/mol. The summed E-state index contributed by atoms with van der Waals surface area (Å²) in [4.78, 5) is 13.7. The lowest BCUT2D eigenvalue weighted by Crippen LogP contribution is -2.03. The number of aromatic nitrogens is 1. The Morgan fingerprint density at radius 1 is 1.62 bits per heavy atom. The molecule has 0 fully saturated rings. The minimum atomic E-state index is -0.580. The van der Waals surface area contributed by atoms with Gasteiger partial charge in [-0.15, -0.1) is 6.58 Å². The van der Waals surface area contributed by atoms with E-state index >= 15 is 0 Å². The molecule has 86 valence electrons. The monoisotopic (exact) mass is 223 g/mol.